The third kappa shape index (κ3) is 4.91. The van der Waals surface area contributed by atoms with Crippen LogP contribution in [0.1, 0.15) is 0 Å². The van der Waals surface area contributed by atoms with E-state index in [0.717, 1.165) is 0 Å². The highest BCUT2D eigenvalue weighted by molar-refractivity contribution is 5.42. The van der Waals surface area contributed by atoms with Crippen LogP contribution < -0.4 is 4.74 Å². The maximum atomic E-state index is 14.4. The number of phenols is 1. The highest BCUT2D eigenvalue weighted by Gasteiger charge is 2.88. The third-order valence-corrected chi connectivity index (χ3v) is 3.79. The largest absolute Gasteiger partial charge is 0.508 e. The van der Waals surface area contributed by atoms with Gasteiger partial charge in [0.25, 0.3) is 0 Å². The molecular formula is C15H5F17O2. The average Bonchev–Trinajstić information content (AvgIpc) is 2.57. The predicted octanol–water partition coefficient (Wildman–Crippen LogP) is 7.25. The number of rotatable bonds is 4. The van der Waals surface area contributed by atoms with E-state index in [1.54, 1.807) is 0 Å². The van der Waals surface area contributed by atoms with Crippen LogP contribution in [0.2, 0.25) is 0 Å². The van der Waals surface area contributed by atoms with E-state index in [2.05, 4.69) is 4.74 Å². The first kappa shape index (κ1) is 29.4. The lowest BCUT2D eigenvalue weighted by Gasteiger charge is -2.41. The van der Waals surface area contributed by atoms with Gasteiger partial charge in [-0.2, -0.15) is 65.9 Å². The molecule has 0 heterocycles. The van der Waals surface area contributed by atoms with Gasteiger partial charge in [-0.3, -0.25) is 0 Å². The second kappa shape index (κ2) is 8.24. The van der Waals surface area contributed by atoms with Crippen LogP contribution in [-0.4, -0.2) is 47.3 Å². The van der Waals surface area contributed by atoms with Gasteiger partial charge in [-0.15, -0.1) is 0 Å². The molecule has 1 aromatic rings. The van der Waals surface area contributed by atoms with Crippen molar-refractivity contribution in [3.8, 4) is 11.5 Å². The summed E-state index contributed by atoms with van der Waals surface area (Å²) < 4.78 is 228. The number of allylic oxidation sites excluding steroid dienone is 2. The smallest absolute Gasteiger partial charge is 0.449 e. The minimum atomic E-state index is -8.23. The first-order valence-electron chi connectivity index (χ1n) is 7.67. The van der Waals surface area contributed by atoms with E-state index >= 15 is 0 Å². The second-order valence-electron chi connectivity index (χ2n) is 6.11. The lowest BCUT2D eigenvalue weighted by molar-refractivity contribution is -0.365. The summed E-state index contributed by atoms with van der Waals surface area (Å²) in [5.74, 6) is -7.26. The summed E-state index contributed by atoms with van der Waals surface area (Å²) in [6.07, 6.45) is -39.5. The zero-order valence-electron chi connectivity index (χ0n) is 15.1. The Kier molecular flexibility index (Phi) is 7.13. The molecule has 34 heavy (non-hydrogen) atoms. The molecule has 0 amide bonds. The van der Waals surface area contributed by atoms with Crippen LogP contribution in [0, 0.1) is 0 Å². The maximum Gasteiger partial charge on any atom is 0.449 e. The van der Waals surface area contributed by atoms with Gasteiger partial charge >= 0.3 is 42.2 Å². The van der Waals surface area contributed by atoms with Crippen LogP contribution in [0.3, 0.4) is 0 Å². The Morgan fingerprint density at radius 1 is 0.529 bits per heavy atom. The summed E-state index contributed by atoms with van der Waals surface area (Å²) in [6.45, 7) is 0. The lowest BCUT2D eigenvalue weighted by Crippen LogP contribution is -2.67. The van der Waals surface area contributed by atoms with E-state index in [0.29, 0.717) is 0 Å². The highest BCUT2D eigenvalue weighted by Crippen LogP contribution is 2.63. The normalized spacial score (nSPS) is 14.7. The van der Waals surface area contributed by atoms with E-state index in [4.69, 9.17) is 5.11 Å². The van der Waals surface area contributed by atoms with Crippen LogP contribution >= 0.6 is 0 Å². The van der Waals surface area contributed by atoms with Crippen molar-refractivity contribution in [3.05, 3.63) is 35.6 Å². The molecule has 0 saturated carbocycles. The Bertz CT molecular complexity index is 828. The summed E-state index contributed by atoms with van der Waals surface area (Å²) in [4.78, 5) is 0. The van der Waals surface area contributed by atoms with Crippen LogP contribution in [0.4, 0.5) is 74.6 Å². The van der Waals surface area contributed by atoms with Gasteiger partial charge in [0.1, 0.15) is 11.5 Å². The quantitative estimate of drug-likeness (QED) is 0.322. The fourth-order valence-corrected chi connectivity index (χ4v) is 2.32. The molecule has 196 valence electrons. The summed E-state index contributed by atoms with van der Waals surface area (Å²) in [5.41, 5.74) is -22.0. The molecule has 0 radical (unpaired) electrons. The summed E-state index contributed by atoms with van der Waals surface area (Å²) >= 11 is 0. The maximum absolute atomic E-state index is 14.4. The zero-order valence-corrected chi connectivity index (χ0v) is 15.1. The fraction of sp³-hybridized carbons (Fsp3) is 0.467. The number of phenolic OH excluding ortho intramolecular Hbond substituents is 1. The minimum absolute atomic E-state index is 0.000864. The number of benzene rings is 1. The molecule has 0 aliphatic carbocycles. The summed E-state index contributed by atoms with van der Waals surface area (Å²) in [5, 5.41) is 8.94. The minimum Gasteiger partial charge on any atom is -0.508 e. The molecular weight excluding hydrogens is 535 g/mol. The zero-order chi connectivity index (χ0) is 27.3. The third-order valence-electron chi connectivity index (χ3n) is 3.79. The fourth-order valence-electron chi connectivity index (χ4n) is 2.32. The van der Waals surface area contributed by atoms with Gasteiger partial charge < -0.3 is 9.84 Å². The molecule has 19 heteroatoms. The van der Waals surface area contributed by atoms with Crippen LogP contribution in [0.15, 0.2) is 35.6 Å². The first-order valence-corrected chi connectivity index (χ1v) is 7.67. The number of ether oxygens (including phenoxy) is 1. The molecule has 0 atom stereocenters. The monoisotopic (exact) mass is 540 g/mol. The molecule has 2 nitrogen and oxygen atoms in total. The topological polar surface area (TPSA) is 29.5 Å². The second-order valence-corrected chi connectivity index (χ2v) is 6.11. The molecule has 1 rings (SSSR count). The van der Waals surface area contributed by atoms with Crippen molar-refractivity contribution in [1.82, 2.24) is 0 Å². The number of alkyl halides is 17. The van der Waals surface area contributed by atoms with Gasteiger partial charge in [-0.1, -0.05) is 0 Å². The van der Waals surface area contributed by atoms with Gasteiger partial charge in [0.05, 0.1) is 5.57 Å². The van der Waals surface area contributed by atoms with E-state index < -0.39 is 65.1 Å². The summed E-state index contributed by atoms with van der Waals surface area (Å²) in [7, 11) is 0. The molecule has 0 fully saturated rings. The molecule has 0 unspecified atom stereocenters. The summed E-state index contributed by atoms with van der Waals surface area (Å²) in [6, 6.07) is 0.520. The number of aromatic hydroxyl groups is 1. The van der Waals surface area contributed by atoms with Crippen LogP contribution in [0.5, 0.6) is 11.5 Å². The Morgan fingerprint density at radius 3 is 1.06 bits per heavy atom. The molecule has 1 aromatic carbocycles. The van der Waals surface area contributed by atoms with Crippen LogP contribution in [-0.2, 0) is 0 Å². The molecule has 0 saturated heterocycles. The van der Waals surface area contributed by atoms with Crippen molar-refractivity contribution in [2.24, 2.45) is 0 Å². The van der Waals surface area contributed by atoms with Crippen LogP contribution in [0.25, 0.3) is 0 Å². The standard InChI is InChI=1S/C15H5F17O2/c16-9(12(21,22)23,13(24,25)26)7(10(17,14(27,28)29)15(30,31)32)8(11(18,19)20)34-6-3-1-5(33)2-4-6/h1-4,33H. The van der Waals surface area contributed by atoms with Gasteiger partial charge in [0, 0.05) is 0 Å². The molecule has 0 aromatic heterocycles. The van der Waals surface area contributed by atoms with Crippen molar-refractivity contribution in [2.75, 3.05) is 0 Å². The number of hydrogen-bond acceptors (Lipinski definition) is 2. The number of halogens is 17. The van der Waals surface area contributed by atoms with Crippen molar-refractivity contribution in [1.29, 1.82) is 0 Å². The molecule has 0 bridgehead atoms. The van der Waals surface area contributed by atoms with E-state index in [1.807, 2.05) is 0 Å². The Labute approximate surface area is 175 Å². The SMILES string of the molecule is Oc1ccc(OC(=C(C(F)(C(F)(F)F)C(F)(F)F)C(F)(C(F)(F)F)C(F)(F)F)C(F)(F)F)cc1. The number of hydrogen-bond donors (Lipinski definition) is 1. The average molecular weight is 540 g/mol. The van der Waals surface area contributed by atoms with Crippen molar-refractivity contribution in [3.63, 3.8) is 0 Å². The van der Waals surface area contributed by atoms with E-state index in [1.165, 1.54) is 0 Å². The highest BCUT2D eigenvalue weighted by atomic mass is 19.4. The van der Waals surface area contributed by atoms with Gasteiger partial charge in [-0.05, 0) is 24.3 Å². The van der Waals surface area contributed by atoms with Gasteiger partial charge in [0.2, 0.25) is 5.76 Å². The van der Waals surface area contributed by atoms with E-state index in [-0.39, 0.29) is 24.3 Å². The van der Waals surface area contributed by atoms with Gasteiger partial charge in [0.15, 0.2) is 0 Å². The first-order chi connectivity index (χ1) is 14.7. The Morgan fingerprint density at radius 2 is 0.824 bits per heavy atom. The van der Waals surface area contributed by atoms with Crippen molar-refractivity contribution in [2.45, 2.75) is 42.2 Å². The lowest BCUT2D eigenvalue weighted by atomic mass is 9.79. The molecule has 1 N–H and O–H groups in total. The molecule has 0 aliphatic heterocycles. The molecule has 0 spiro atoms. The predicted molar refractivity (Wildman–Crippen MR) is 73.7 cm³/mol. The molecule has 0 aliphatic rings. The van der Waals surface area contributed by atoms with Crippen molar-refractivity contribution < 1.29 is 84.5 Å². The van der Waals surface area contributed by atoms with E-state index in [9.17, 15) is 74.6 Å². The van der Waals surface area contributed by atoms with Gasteiger partial charge in [-0.25, -0.2) is 8.78 Å². The Hall–Kier alpha value is -2.63. The van der Waals surface area contributed by atoms with Crippen molar-refractivity contribution >= 4 is 0 Å². The Balaban J connectivity index is 4.48.